The summed E-state index contributed by atoms with van der Waals surface area (Å²) in [6, 6.07) is 2.75. The lowest BCUT2D eigenvalue weighted by Crippen LogP contribution is -2.48. The van der Waals surface area contributed by atoms with Crippen LogP contribution in [0, 0.1) is 0 Å². The predicted octanol–water partition coefficient (Wildman–Crippen LogP) is 3.30. The first-order valence-electron chi connectivity index (χ1n) is 10.6. The van der Waals surface area contributed by atoms with E-state index in [1.54, 1.807) is 20.8 Å². The van der Waals surface area contributed by atoms with Crippen LogP contribution in [0.25, 0.3) is 5.69 Å². The van der Waals surface area contributed by atoms with Crippen LogP contribution >= 0.6 is 0 Å². The third kappa shape index (κ3) is 5.72. The number of likely N-dealkylation sites (tertiary alicyclic amines) is 1. The van der Waals surface area contributed by atoms with Crippen molar-refractivity contribution in [3.63, 3.8) is 0 Å². The molecule has 1 saturated heterocycles. The molecule has 1 aromatic carbocycles. The molecule has 0 radical (unpaired) electrons. The number of halogens is 4. The summed E-state index contributed by atoms with van der Waals surface area (Å²) in [7, 11) is 1.29. The molecule has 2 aromatic rings. The molecule has 1 fully saturated rings. The molecule has 0 unspecified atom stereocenters. The number of likely N-dealkylation sites (N-methyl/N-ethyl adjacent to an activating group) is 1. The van der Waals surface area contributed by atoms with Crippen molar-refractivity contribution in [2.24, 2.45) is 5.73 Å². The lowest BCUT2D eigenvalue weighted by molar-refractivity contribution is -0.137. The minimum absolute atomic E-state index is 0.0613. The van der Waals surface area contributed by atoms with E-state index in [-0.39, 0.29) is 30.0 Å². The summed E-state index contributed by atoms with van der Waals surface area (Å²) in [4.78, 5) is 39.8. The van der Waals surface area contributed by atoms with Crippen LogP contribution in [0.3, 0.4) is 0 Å². The van der Waals surface area contributed by atoms with Gasteiger partial charge in [0.25, 0.3) is 5.91 Å². The van der Waals surface area contributed by atoms with Gasteiger partial charge in [-0.05, 0) is 45.0 Å². The number of primary amides is 1. The first-order valence-corrected chi connectivity index (χ1v) is 10.6. The topological polar surface area (TPSA) is 111 Å². The van der Waals surface area contributed by atoms with Gasteiger partial charge in [0.05, 0.1) is 29.7 Å². The standard InChI is InChI=1S/C22H25F4N5O4/c1-21(2,3)35-20(34)30-10-13(23)9-15(30)19(33)29(4)16-11-31(28-17(16)18(27)32)14-7-5-12(6-8-14)22(24,25)26/h5-8,11,13,15H,9-10H2,1-4H3,(H2,27,32)/t13-,15+/m1/s1. The monoisotopic (exact) mass is 499 g/mol. The van der Waals surface area contributed by atoms with Crippen LogP contribution in [0.4, 0.5) is 28.0 Å². The van der Waals surface area contributed by atoms with E-state index >= 15 is 0 Å². The van der Waals surface area contributed by atoms with Crippen molar-refractivity contribution in [1.29, 1.82) is 0 Å². The van der Waals surface area contributed by atoms with Crippen molar-refractivity contribution >= 4 is 23.6 Å². The molecule has 190 valence electrons. The van der Waals surface area contributed by atoms with Gasteiger partial charge in [-0.25, -0.2) is 13.9 Å². The Morgan fingerprint density at radius 3 is 2.26 bits per heavy atom. The SMILES string of the molecule is CN(C(=O)[C@@H]1C[C@@H](F)CN1C(=O)OC(C)(C)C)c1cn(-c2ccc(C(F)(F)F)cc2)nc1C(N)=O. The van der Waals surface area contributed by atoms with Gasteiger partial charge in [0.2, 0.25) is 5.91 Å². The Morgan fingerprint density at radius 1 is 1.14 bits per heavy atom. The average Bonchev–Trinajstić information content (AvgIpc) is 3.35. The van der Waals surface area contributed by atoms with Crippen LogP contribution < -0.4 is 10.6 Å². The second-order valence-corrected chi connectivity index (χ2v) is 9.10. The van der Waals surface area contributed by atoms with E-state index in [9.17, 15) is 31.9 Å². The molecule has 3 rings (SSSR count). The Labute approximate surface area is 198 Å². The van der Waals surface area contributed by atoms with Gasteiger partial charge in [0.1, 0.15) is 17.8 Å². The molecule has 2 atom stereocenters. The Balaban J connectivity index is 1.91. The zero-order chi connectivity index (χ0) is 26.3. The zero-order valence-electron chi connectivity index (χ0n) is 19.5. The maximum atomic E-state index is 14.2. The first kappa shape index (κ1) is 26.0. The fourth-order valence-corrected chi connectivity index (χ4v) is 3.60. The second kappa shape index (κ2) is 9.19. The third-order valence-corrected chi connectivity index (χ3v) is 5.24. The summed E-state index contributed by atoms with van der Waals surface area (Å²) >= 11 is 0. The van der Waals surface area contributed by atoms with Gasteiger partial charge in [-0.1, -0.05) is 0 Å². The number of rotatable bonds is 4. The average molecular weight is 499 g/mol. The number of ether oxygens (including phenoxy) is 1. The van der Waals surface area contributed by atoms with E-state index in [1.807, 2.05) is 0 Å². The van der Waals surface area contributed by atoms with Crippen LogP contribution in [0.2, 0.25) is 0 Å². The summed E-state index contributed by atoms with van der Waals surface area (Å²) in [5.74, 6) is -1.71. The van der Waals surface area contributed by atoms with E-state index in [2.05, 4.69) is 5.10 Å². The number of nitrogens with zero attached hydrogens (tertiary/aromatic N) is 4. The number of carbonyl (C=O) groups is 3. The highest BCUT2D eigenvalue weighted by Crippen LogP contribution is 2.31. The minimum Gasteiger partial charge on any atom is -0.444 e. The molecular formula is C22H25F4N5O4. The lowest BCUT2D eigenvalue weighted by Gasteiger charge is -2.29. The summed E-state index contributed by atoms with van der Waals surface area (Å²) in [6.45, 7) is 4.55. The molecule has 9 nitrogen and oxygen atoms in total. The van der Waals surface area contributed by atoms with Crippen molar-refractivity contribution in [2.45, 2.75) is 51.2 Å². The second-order valence-electron chi connectivity index (χ2n) is 9.10. The Kier molecular flexibility index (Phi) is 6.82. The maximum Gasteiger partial charge on any atom is 0.416 e. The van der Waals surface area contributed by atoms with Gasteiger partial charge in [0.15, 0.2) is 5.69 Å². The van der Waals surface area contributed by atoms with Gasteiger partial charge < -0.3 is 15.4 Å². The number of benzene rings is 1. The highest BCUT2D eigenvalue weighted by Gasteiger charge is 2.43. The molecule has 2 N–H and O–H groups in total. The number of hydrogen-bond acceptors (Lipinski definition) is 5. The van der Waals surface area contributed by atoms with E-state index in [0.717, 1.165) is 38.7 Å². The van der Waals surface area contributed by atoms with Crippen LogP contribution in [0.1, 0.15) is 43.2 Å². The third-order valence-electron chi connectivity index (χ3n) is 5.24. The summed E-state index contributed by atoms with van der Waals surface area (Å²) in [5.41, 5.74) is 3.44. The smallest absolute Gasteiger partial charge is 0.416 e. The van der Waals surface area contributed by atoms with Gasteiger partial charge >= 0.3 is 12.3 Å². The van der Waals surface area contributed by atoms with Crippen LogP contribution in [0.5, 0.6) is 0 Å². The number of aromatic nitrogens is 2. The Bertz CT molecular complexity index is 1120. The number of hydrogen-bond donors (Lipinski definition) is 1. The van der Waals surface area contributed by atoms with Crippen molar-refractivity contribution in [3.8, 4) is 5.69 Å². The fourth-order valence-electron chi connectivity index (χ4n) is 3.60. The molecule has 1 aliphatic heterocycles. The summed E-state index contributed by atoms with van der Waals surface area (Å²) < 4.78 is 59.1. The van der Waals surface area contributed by atoms with Crippen LogP contribution in [-0.4, -0.2) is 64.0 Å². The molecule has 3 amide bonds. The molecule has 13 heteroatoms. The van der Waals surface area contributed by atoms with Gasteiger partial charge in [-0.2, -0.15) is 18.3 Å². The highest BCUT2D eigenvalue weighted by molar-refractivity contribution is 6.04. The van der Waals surface area contributed by atoms with E-state index in [4.69, 9.17) is 10.5 Å². The zero-order valence-corrected chi connectivity index (χ0v) is 19.5. The van der Waals surface area contributed by atoms with Crippen molar-refractivity contribution in [2.75, 3.05) is 18.5 Å². The highest BCUT2D eigenvalue weighted by atomic mass is 19.4. The van der Waals surface area contributed by atoms with E-state index < -0.39 is 47.5 Å². The van der Waals surface area contributed by atoms with E-state index in [1.165, 1.54) is 13.2 Å². The van der Waals surface area contributed by atoms with Crippen molar-refractivity contribution in [3.05, 3.63) is 41.7 Å². The Morgan fingerprint density at radius 2 is 1.74 bits per heavy atom. The number of anilines is 1. The first-order chi connectivity index (χ1) is 16.1. The molecule has 0 saturated carbocycles. The molecular weight excluding hydrogens is 474 g/mol. The predicted molar refractivity (Wildman–Crippen MR) is 117 cm³/mol. The van der Waals surface area contributed by atoms with Crippen molar-refractivity contribution < 1.29 is 36.7 Å². The number of amides is 3. The largest absolute Gasteiger partial charge is 0.444 e. The quantitative estimate of drug-likeness (QED) is 0.649. The molecule has 1 aliphatic rings. The molecule has 35 heavy (non-hydrogen) atoms. The summed E-state index contributed by atoms with van der Waals surface area (Å²) in [6.07, 6.45) is -5.90. The molecule has 0 bridgehead atoms. The van der Waals surface area contributed by atoms with Gasteiger partial charge in [-0.3, -0.25) is 14.5 Å². The molecule has 0 aliphatic carbocycles. The van der Waals surface area contributed by atoms with E-state index in [0.29, 0.717) is 0 Å². The number of nitrogens with two attached hydrogens (primary N) is 1. The van der Waals surface area contributed by atoms with Crippen LogP contribution in [-0.2, 0) is 15.7 Å². The minimum atomic E-state index is -4.53. The Hall–Kier alpha value is -3.64. The fraction of sp³-hybridized carbons (Fsp3) is 0.455. The number of alkyl halides is 4. The molecule has 0 spiro atoms. The van der Waals surface area contributed by atoms with Crippen molar-refractivity contribution in [1.82, 2.24) is 14.7 Å². The normalized spacial score (nSPS) is 18.5. The summed E-state index contributed by atoms with van der Waals surface area (Å²) in [5, 5.41) is 4.01. The van der Waals surface area contributed by atoms with Gasteiger partial charge in [0, 0.05) is 13.5 Å². The van der Waals surface area contributed by atoms with Crippen LogP contribution in [0.15, 0.2) is 30.5 Å². The number of carbonyl (C=O) groups excluding carboxylic acids is 3. The molecule has 1 aromatic heterocycles. The maximum absolute atomic E-state index is 14.2. The molecule has 2 heterocycles. The lowest BCUT2D eigenvalue weighted by atomic mass is 10.1. The van der Waals surface area contributed by atoms with Gasteiger partial charge in [-0.15, -0.1) is 0 Å².